The average Bonchev–Trinajstić information content (AvgIpc) is 1.41. The van der Waals surface area contributed by atoms with Crippen molar-refractivity contribution in [1.82, 2.24) is 0 Å². The molecule has 2 heteroatoms. The van der Waals surface area contributed by atoms with Crippen LogP contribution in [0.5, 0.6) is 0 Å². The van der Waals surface area contributed by atoms with Crippen LogP contribution in [0.2, 0.25) is 0 Å². The molecule has 0 aromatic carbocycles. The molecule has 0 saturated heterocycles. The van der Waals surface area contributed by atoms with Gasteiger partial charge < -0.3 is 0 Å². The number of hydrogen-bond donors (Lipinski definition) is 0. The second-order valence-electron chi connectivity index (χ2n) is 0.403. The van der Waals surface area contributed by atoms with E-state index in [9.17, 15) is 0 Å². The first kappa shape index (κ1) is 4.84. The molecular weight excluding hydrogens is 129 g/mol. The van der Waals surface area contributed by atoms with Crippen LogP contribution in [0.3, 0.4) is 0 Å². The Labute approximate surface area is 38.8 Å². The third-order valence-electron chi connectivity index (χ3n) is 0.144. The first-order valence-electron chi connectivity index (χ1n) is 1.09. The first-order chi connectivity index (χ1) is 2.41. The molecule has 0 N–H and O–H groups in total. The Morgan fingerprint density at radius 2 is 2.60 bits per heavy atom. The third kappa shape index (κ3) is 3.84. The molecule has 0 radical (unpaired) electrons. The second kappa shape index (κ2) is 3.84. The molecule has 0 atom stereocenters. The Morgan fingerprint density at radius 1 is 2.00 bits per heavy atom. The summed E-state index contributed by atoms with van der Waals surface area (Å²) in [6.45, 7) is 3.30. The van der Waals surface area contributed by atoms with Crippen molar-refractivity contribution >= 4 is 20.3 Å². The molecule has 0 saturated carbocycles. The molecule has 0 aliphatic rings. The van der Waals surface area contributed by atoms with Gasteiger partial charge in [-0.15, -0.1) is 0 Å². The third-order valence-corrected chi connectivity index (χ3v) is 0.365. The van der Waals surface area contributed by atoms with Gasteiger partial charge in [-0.05, 0) is 0 Å². The summed E-state index contributed by atoms with van der Waals surface area (Å²) in [6, 6.07) is 0. The fraction of sp³-hybridized carbons (Fsp3) is 0. The quantitative estimate of drug-likeness (QED) is 0.357. The average molecular weight is 132 g/mol. The topological polar surface area (TPSA) is 12.4 Å². The Hall–Kier alpha value is -0.161. The van der Waals surface area contributed by atoms with E-state index in [1.807, 2.05) is 0 Å². The summed E-state index contributed by atoms with van der Waals surface area (Å²) < 4.78 is 2.40. The van der Waals surface area contributed by atoms with Gasteiger partial charge in [-0.1, -0.05) is 0 Å². The van der Waals surface area contributed by atoms with E-state index in [0.29, 0.717) is 0 Å². The summed E-state index contributed by atoms with van der Waals surface area (Å²) in [5, 5.41) is 0. The minimum atomic E-state index is 1.41. The maximum atomic E-state index is 3.43. The molecule has 0 aliphatic carbocycles. The van der Waals surface area contributed by atoms with Crippen LogP contribution in [-0.2, 0) is 0 Å². The van der Waals surface area contributed by atoms with Gasteiger partial charge in [0.25, 0.3) is 0 Å². The standard InChI is InChI=1S/C3H3NSe/c1-2-4-3-5/h2H,1H2. The van der Waals surface area contributed by atoms with E-state index in [-0.39, 0.29) is 0 Å². The summed E-state index contributed by atoms with van der Waals surface area (Å²) in [6.07, 6.45) is 1.41. The second-order valence-corrected chi connectivity index (χ2v) is 0.786. The van der Waals surface area contributed by atoms with Crippen molar-refractivity contribution in [3.63, 3.8) is 0 Å². The fourth-order valence-electron chi connectivity index (χ4n) is 0.0373. The fourth-order valence-corrected chi connectivity index (χ4v) is 0.194. The number of hydrogen-bond acceptors (Lipinski definition) is 1. The molecule has 26 valence electrons. The maximum absolute atomic E-state index is 3.43. The Morgan fingerprint density at radius 3 is 2.60 bits per heavy atom. The molecule has 1 nitrogen and oxygen atoms in total. The molecular formula is C3H3NSe. The molecule has 0 heterocycles. The van der Waals surface area contributed by atoms with Gasteiger partial charge in [-0.3, -0.25) is 0 Å². The molecule has 0 rings (SSSR count). The SMILES string of the molecule is C=CN=C=[Se]. The molecule has 0 aromatic rings. The molecule has 0 aromatic heterocycles. The van der Waals surface area contributed by atoms with Crippen LogP contribution in [0, 0.1) is 0 Å². The van der Waals surface area contributed by atoms with Crippen LogP contribution >= 0.6 is 0 Å². The van der Waals surface area contributed by atoms with E-state index >= 15 is 0 Å². The Bertz CT molecular complexity index is 71.0. The van der Waals surface area contributed by atoms with Gasteiger partial charge in [0.1, 0.15) is 0 Å². The van der Waals surface area contributed by atoms with E-state index in [2.05, 4.69) is 31.9 Å². The normalized spacial score (nSPS) is 4.80. The summed E-state index contributed by atoms with van der Waals surface area (Å²) in [4.78, 5) is 3.43. The van der Waals surface area contributed by atoms with Gasteiger partial charge in [0.2, 0.25) is 0 Å². The molecule has 0 fully saturated rings. The van der Waals surface area contributed by atoms with Crippen molar-refractivity contribution in [3.8, 4) is 0 Å². The molecule has 0 bridgehead atoms. The number of nitrogens with zero attached hydrogens (tertiary/aromatic N) is 1. The van der Waals surface area contributed by atoms with E-state index < -0.39 is 0 Å². The van der Waals surface area contributed by atoms with Crippen LogP contribution in [0.4, 0.5) is 0 Å². The van der Waals surface area contributed by atoms with Gasteiger partial charge in [-0.2, -0.15) is 0 Å². The van der Waals surface area contributed by atoms with Crippen LogP contribution < -0.4 is 0 Å². The zero-order valence-corrected chi connectivity index (χ0v) is 4.35. The van der Waals surface area contributed by atoms with E-state index in [4.69, 9.17) is 0 Å². The summed E-state index contributed by atoms with van der Waals surface area (Å²) in [5.74, 6) is 0. The molecule has 5 heavy (non-hydrogen) atoms. The molecule has 0 aliphatic heterocycles. The zero-order valence-electron chi connectivity index (χ0n) is 2.64. The predicted molar refractivity (Wildman–Crippen MR) is 23.4 cm³/mol. The van der Waals surface area contributed by atoms with Gasteiger partial charge in [0, 0.05) is 0 Å². The van der Waals surface area contributed by atoms with Crippen LogP contribution in [-0.4, -0.2) is 20.3 Å². The van der Waals surface area contributed by atoms with E-state index in [0.717, 1.165) is 0 Å². The van der Waals surface area contributed by atoms with Crippen molar-refractivity contribution in [2.75, 3.05) is 0 Å². The van der Waals surface area contributed by atoms with Gasteiger partial charge in [-0.25, -0.2) is 0 Å². The summed E-state index contributed by atoms with van der Waals surface area (Å²) in [7, 11) is 0. The minimum absolute atomic E-state index is 1.41. The van der Waals surface area contributed by atoms with E-state index in [1.54, 1.807) is 0 Å². The summed E-state index contributed by atoms with van der Waals surface area (Å²) >= 11 is 2.46. The van der Waals surface area contributed by atoms with Crippen LogP contribution in [0.15, 0.2) is 17.8 Å². The zero-order chi connectivity index (χ0) is 4.12. The van der Waals surface area contributed by atoms with Crippen LogP contribution in [0.25, 0.3) is 0 Å². The van der Waals surface area contributed by atoms with Crippen molar-refractivity contribution in [1.29, 1.82) is 0 Å². The van der Waals surface area contributed by atoms with Gasteiger partial charge in [0.05, 0.1) is 0 Å². The Balaban J connectivity index is 3.31. The van der Waals surface area contributed by atoms with Crippen molar-refractivity contribution in [2.45, 2.75) is 0 Å². The van der Waals surface area contributed by atoms with E-state index in [1.165, 1.54) is 6.20 Å². The van der Waals surface area contributed by atoms with Crippen molar-refractivity contribution in [2.24, 2.45) is 4.99 Å². The van der Waals surface area contributed by atoms with Gasteiger partial charge >= 0.3 is 38.1 Å². The van der Waals surface area contributed by atoms with Crippen molar-refractivity contribution < 1.29 is 0 Å². The molecule has 0 spiro atoms. The molecule has 0 amide bonds. The number of rotatable bonds is 1. The Kier molecular flexibility index (Phi) is 3.72. The van der Waals surface area contributed by atoms with Crippen molar-refractivity contribution in [3.05, 3.63) is 12.8 Å². The predicted octanol–water partition coefficient (Wildman–Crippen LogP) is 0.204. The number of aliphatic imine (C=N–C) groups is 1. The first-order valence-corrected chi connectivity index (χ1v) is 1.95. The monoisotopic (exact) mass is 133 g/mol. The molecule has 0 unspecified atom stereocenters. The summed E-state index contributed by atoms with van der Waals surface area (Å²) in [5.41, 5.74) is 0. The van der Waals surface area contributed by atoms with Crippen LogP contribution in [0.1, 0.15) is 0 Å². The van der Waals surface area contributed by atoms with Gasteiger partial charge in [0.15, 0.2) is 0 Å².